The van der Waals surface area contributed by atoms with Crippen molar-refractivity contribution in [2.24, 2.45) is 0 Å². The van der Waals surface area contributed by atoms with Crippen molar-refractivity contribution in [2.45, 2.75) is 6.42 Å². The Morgan fingerprint density at radius 1 is 0.909 bits per heavy atom. The first kappa shape index (κ1) is 22.2. The molecular weight excluding hydrogens is 420 g/mol. The Hall–Kier alpha value is -4.00. The molecule has 4 rings (SSSR count). The lowest BCUT2D eigenvalue weighted by molar-refractivity contribution is 0.0769. The fraction of sp³-hybridized carbons (Fsp3) is 0.231. The van der Waals surface area contributed by atoms with Crippen molar-refractivity contribution >= 4 is 11.5 Å². The van der Waals surface area contributed by atoms with Crippen LogP contribution in [0.25, 0.3) is 5.57 Å². The molecule has 1 aliphatic rings. The zero-order chi connectivity index (χ0) is 23.2. The van der Waals surface area contributed by atoms with Gasteiger partial charge in [-0.1, -0.05) is 24.3 Å². The van der Waals surface area contributed by atoms with E-state index in [1.54, 1.807) is 44.6 Å². The third kappa shape index (κ3) is 4.77. The smallest absolute Gasteiger partial charge is 0.259 e. The van der Waals surface area contributed by atoms with Crippen LogP contribution in [-0.4, -0.2) is 50.2 Å². The van der Waals surface area contributed by atoms with E-state index in [1.807, 2.05) is 48.5 Å². The summed E-state index contributed by atoms with van der Waals surface area (Å²) in [5, 5.41) is 0. The number of carbonyl (C=O) groups is 1. The molecule has 33 heavy (non-hydrogen) atoms. The average Bonchev–Trinajstić information content (AvgIpc) is 2.88. The lowest BCUT2D eigenvalue weighted by atomic mass is 9.97. The molecule has 0 saturated heterocycles. The van der Waals surface area contributed by atoms with Crippen LogP contribution >= 0.6 is 0 Å². The Labute approximate surface area is 193 Å². The molecule has 0 N–H and O–H groups in total. The van der Waals surface area contributed by atoms with E-state index in [-0.39, 0.29) is 5.91 Å². The predicted molar refractivity (Wildman–Crippen MR) is 125 cm³/mol. The first-order chi connectivity index (χ1) is 16.1. The van der Waals surface area contributed by atoms with Crippen molar-refractivity contribution in [2.75, 3.05) is 34.4 Å². The molecule has 0 radical (unpaired) electrons. The number of methoxy groups -OCH3 is 3. The molecular formula is C26H26N2O5. The van der Waals surface area contributed by atoms with Gasteiger partial charge in [0.05, 0.1) is 26.9 Å². The van der Waals surface area contributed by atoms with Gasteiger partial charge in [0.1, 0.15) is 28.6 Å². The minimum absolute atomic E-state index is 0.127. The number of ether oxygens (including phenoxy) is 4. The van der Waals surface area contributed by atoms with E-state index in [0.717, 1.165) is 11.1 Å². The lowest BCUT2D eigenvalue weighted by Crippen LogP contribution is -2.35. The predicted octanol–water partition coefficient (Wildman–Crippen LogP) is 4.83. The number of hydrogen-bond donors (Lipinski definition) is 0. The summed E-state index contributed by atoms with van der Waals surface area (Å²) in [4.78, 5) is 19.4. The zero-order valence-corrected chi connectivity index (χ0v) is 18.9. The normalized spacial score (nSPS) is 13.2. The Morgan fingerprint density at radius 2 is 1.64 bits per heavy atom. The molecule has 0 spiro atoms. The van der Waals surface area contributed by atoms with Gasteiger partial charge in [-0.05, 0) is 36.3 Å². The summed E-state index contributed by atoms with van der Waals surface area (Å²) < 4.78 is 22.4. The maximum Gasteiger partial charge on any atom is 0.259 e. The van der Waals surface area contributed by atoms with Crippen LogP contribution in [0, 0.1) is 0 Å². The van der Waals surface area contributed by atoms with E-state index in [1.165, 1.54) is 0 Å². The maximum absolute atomic E-state index is 13.3. The standard InChI is InChI=1S/C26H26N2O5/c1-30-20-16-22(31-2)24(23(17-20)32-3)18-11-14-28(15-12-18)26(29)21-10-7-13-27-25(21)33-19-8-5-4-6-9-19/h4-11,13,16-17H,12,14-15H2,1-3H3. The molecule has 1 aromatic heterocycles. The van der Waals surface area contributed by atoms with E-state index < -0.39 is 0 Å². The molecule has 0 saturated carbocycles. The third-order valence-electron chi connectivity index (χ3n) is 5.49. The zero-order valence-electron chi connectivity index (χ0n) is 18.9. The van der Waals surface area contributed by atoms with E-state index in [9.17, 15) is 4.79 Å². The SMILES string of the molecule is COc1cc(OC)c(C2=CCN(C(=O)c3cccnc3Oc3ccccc3)CC2)c(OC)c1. The van der Waals surface area contributed by atoms with E-state index in [4.69, 9.17) is 18.9 Å². The van der Waals surface area contributed by atoms with Gasteiger partial charge in [0.25, 0.3) is 5.91 Å². The van der Waals surface area contributed by atoms with Crippen LogP contribution in [0.3, 0.4) is 0 Å². The van der Waals surface area contributed by atoms with E-state index in [0.29, 0.717) is 54.0 Å². The molecule has 3 aromatic rings. The van der Waals surface area contributed by atoms with Crippen molar-refractivity contribution in [1.82, 2.24) is 9.88 Å². The summed E-state index contributed by atoms with van der Waals surface area (Å²) in [7, 11) is 4.84. The molecule has 170 valence electrons. The van der Waals surface area contributed by atoms with Gasteiger partial charge in [-0.25, -0.2) is 4.98 Å². The lowest BCUT2D eigenvalue weighted by Gasteiger charge is -2.28. The van der Waals surface area contributed by atoms with Gasteiger partial charge in [0, 0.05) is 31.4 Å². The third-order valence-corrected chi connectivity index (χ3v) is 5.49. The van der Waals surface area contributed by atoms with Gasteiger partial charge in [-0.15, -0.1) is 0 Å². The number of rotatable bonds is 7. The van der Waals surface area contributed by atoms with Crippen LogP contribution in [0.5, 0.6) is 28.9 Å². The highest BCUT2D eigenvalue weighted by Crippen LogP contribution is 2.41. The fourth-order valence-corrected chi connectivity index (χ4v) is 3.81. The number of amides is 1. The topological polar surface area (TPSA) is 70.1 Å². The number of pyridine rings is 1. The Bertz CT molecular complexity index is 1140. The molecule has 2 heterocycles. The Morgan fingerprint density at radius 3 is 2.24 bits per heavy atom. The largest absolute Gasteiger partial charge is 0.496 e. The molecule has 0 fully saturated rings. The molecule has 1 aliphatic heterocycles. The molecule has 2 aromatic carbocycles. The van der Waals surface area contributed by atoms with Crippen molar-refractivity contribution in [1.29, 1.82) is 0 Å². The minimum Gasteiger partial charge on any atom is -0.496 e. The molecule has 7 heteroatoms. The molecule has 0 atom stereocenters. The number of nitrogens with zero attached hydrogens (tertiary/aromatic N) is 2. The monoisotopic (exact) mass is 446 g/mol. The van der Waals surface area contributed by atoms with Gasteiger partial charge in [-0.2, -0.15) is 0 Å². The van der Waals surface area contributed by atoms with Crippen LogP contribution in [0.15, 0.2) is 66.9 Å². The van der Waals surface area contributed by atoms with Crippen molar-refractivity contribution < 1.29 is 23.7 Å². The summed E-state index contributed by atoms with van der Waals surface area (Å²) in [5.74, 6) is 2.79. The highest BCUT2D eigenvalue weighted by molar-refractivity contribution is 5.97. The number of para-hydroxylation sites is 1. The van der Waals surface area contributed by atoms with Crippen molar-refractivity contribution in [3.05, 3.63) is 78.0 Å². The maximum atomic E-state index is 13.3. The van der Waals surface area contributed by atoms with Crippen LogP contribution in [0.2, 0.25) is 0 Å². The fourth-order valence-electron chi connectivity index (χ4n) is 3.81. The number of aromatic nitrogens is 1. The number of carbonyl (C=O) groups excluding carboxylic acids is 1. The quantitative estimate of drug-likeness (QED) is 0.518. The molecule has 7 nitrogen and oxygen atoms in total. The van der Waals surface area contributed by atoms with Crippen LogP contribution in [0.1, 0.15) is 22.3 Å². The van der Waals surface area contributed by atoms with Crippen molar-refractivity contribution in [3.8, 4) is 28.9 Å². The Kier molecular flexibility index (Phi) is 6.78. The van der Waals surface area contributed by atoms with Gasteiger partial charge in [0.15, 0.2) is 0 Å². The Balaban J connectivity index is 1.56. The second kappa shape index (κ2) is 10.1. The highest BCUT2D eigenvalue weighted by atomic mass is 16.5. The number of hydrogen-bond acceptors (Lipinski definition) is 6. The van der Waals surface area contributed by atoms with Crippen LogP contribution in [0.4, 0.5) is 0 Å². The summed E-state index contributed by atoms with van der Waals surface area (Å²) in [5.41, 5.74) is 2.36. The van der Waals surface area contributed by atoms with Gasteiger partial charge in [-0.3, -0.25) is 4.79 Å². The van der Waals surface area contributed by atoms with Crippen LogP contribution < -0.4 is 18.9 Å². The second-order valence-corrected chi connectivity index (χ2v) is 7.41. The van der Waals surface area contributed by atoms with E-state index in [2.05, 4.69) is 4.98 Å². The number of benzene rings is 2. The second-order valence-electron chi connectivity index (χ2n) is 7.41. The summed E-state index contributed by atoms with van der Waals surface area (Å²) in [6, 6.07) is 16.4. The molecule has 0 aliphatic carbocycles. The summed E-state index contributed by atoms with van der Waals surface area (Å²) >= 11 is 0. The van der Waals surface area contributed by atoms with Gasteiger partial charge in [0.2, 0.25) is 5.88 Å². The molecule has 1 amide bonds. The first-order valence-electron chi connectivity index (χ1n) is 10.6. The summed E-state index contributed by atoms with van der Waals surface area (Å²) in [6.45, 7) is 0.995. The highest BCUT2D eigenvalue weighted by Gasteiger charge is 2.25. The first-order valence-corrected chi connectivity index (χ1v) is 10.6. The van der Waals surface area contributed by atoms with E-state index >= 15 is 0 Å². The molecule has 0 bridgehead atoms. The van der Waals surface area contributed by atoms with Crippen molar-refractivity contribution in [3.63, 3.8) is 0 Å². The van der Waals surface area contributed by atoms with Crippen LogP contribution in [-0.2, 0) is 0 Å². The van der Waals surface area contributed by atoms with Gasteiger partial charge >= 0.3 is 0 Å². The molecule has 0 unspecified atom stereocenters. The van der Waals surface area contributed by atoms with Gasteiger partial charge < -0.3 is 23.8 Å². The average molecular weight is 447 g/mol. The minimum atomic E-state index is -0.127. The summed E-state index contributed by atoms with van der Waals surface area (Å²) in [6.07, 6.45) is 4.30.